The molecule has 7 nitrogen and oxygen atoms in total. The fourth-order valence-electron chi connectivity index (χ4n) is 2.93. The normalized spacial score (nSPS) is 25.8. The summed E-state index contributed by atoms with van der Waals surface area (Å²) in [7, 11) is 3.05. The van der Waals surface area contributed by atoms with Crippen molar-refractivity contribution in [2.75, 3.05) is 26.5 Å². The Morgan fingerprint density at radius 3 is 2.96 bits per heavy atom. The lowest BCUT2D eigenvalue weighted by atomic mass is 10.0. The Bertz CT molecular complexity index is 688. The number of carbonyl (C=O) groups excluding carboxylic acids is 2. The number of esters is 1. The molecule has 128 valence electrons. The van der Waals surface area contributed by atoms with Crippen LogP contribution in [0.3, 0.4) is 0 Å². The molecule has 3 atom stereocenters. The van der Waals surface area contributed by atoms with E-state index in [1.807, 2.05) is 6.08 Å². The van der Waals surface area contributed by atoms with Gasteiger partial charge in [-0.2, -0.15) is 0 Å². The number of hydrogen-bond donors (Lipinski definition) is 1. The van der Waals surface area contributed by atoms with Crippen molar-refractivity contribution in [1.82, 2.24) is 4.90 Å². The minimum atomic E-state index is -0.392. The van der Waals surface area contributed by atoms with Crippen LogP contribution in [0.5, 0.6) is 5.75 Å². The standard InChI is InChI=1S/C17H20N2O5/c1-19-13-5-4-11(8-16(20)22-2)24-15(13)9-23-14-6-3-10(18)7-12(14)17(19)21/h3-7,11,13,15H,8-9,18H2,1-2H3/t11-,13+,15+/m0/s1. The first-order chi connectivity index (χ1) is 11.5. The molecule has 1 aromatic carbocycles. The second-order valence-electron chi connectivity index (χ2n) is 5.85. The largest absolute Gasteiger partial charge is 0.490 e. The van der Waals surface area contributed by atoms with Crippen molar-refractivity contribution in [3.05, 3.63) is 35.9 Å². The number of ether oxygens (including phenoxy) is 3. The molecule has 7 heteroatoms. The quantitative estimate of drug-likeness (QED) is 0.493. The van der Waals surface area contributed by atoms with Crippen molar-refractivity contribution < 1.29 is 23.8 Å². The van der Waals surface area contributed by atoms with Crippen LogP contribution in [0.15, 0.2) is 30.4 Å². The summed E-state index contributed by atoms with van der Waals surface area (Å²) in [5, 5.41) is 0. The number of carbonyl (C=O) groups is 2. The lowest BCUT2D eigenvalue weighted by Crippen LogP contribution is -2.51. The molecular formula is C17H20N2O5. The summed E-state index contributed by atoms with van der Waals surface area (Å²) in [6.07, 6.45) is 3.02. The van der Waals surface area contributed by atoms with Gasteiger partial charge in [0.15, 0.2) is 0 Å². The van der Waals surface area contributed by atoms with Crippen LogP contribution in [0.2, 0.25) is 0 Å². The van der Waals surface area contributed by atoms with Gasteiger partial charge in [0.2, 0.25) is 0 Å². The second-order valence-corrected chi connectivity index (χ2v) is 5.85. The third-order valence-corrected chi connectivity index (χ3v) is 4.25. The van der Waals surface area contributed by atoms with E-state index >= 15 is 0 Å². The van der Waals surface area contributed by atoms with E-state index in [0.717, 1.165) is 0 Å². The second kappa shape index (κ2) is 6.52. The summed E-state index contributed by atoms with van der Waals surface area (Å²) in [6, 6.07) is 4.71. The molecule has 0 fully saturated rings. The van der Waals surface area contributed by atoms with Crippen LogP contribution in [0.25, 0.3) is 0 Å². The molecule has 0 unspecified atom stereocenters. The number of nitrogens with two attached hydrogens (primary N) is 1. The maximum atomic E-state index is 12.7. The zero-order valence-corrected chi connectivity index (χ0v) is 13.6. The zero-order valence-electron chi connectivity index (χ0n) is 13.6. The summed E-state index contributed by atoms with van der Waals surface area (Å²) in [5.41, 5.74) is 6.72. The van der Waals surface area contributed by atoms with Crippen LogP contribution in [0.1, 0.15) is 16.8 Å². The van der Waals surface area contributed by atoms with Crippen LogP contribution in [-0.2, 0) is 14.3 Å². The molecule has 0 radical (unpaired) electrons. The fraction of sp³-hybridized carbons (Fsp3) is 0.412. The zero-order chi connectivity index (χ0) is 17.3. The molecule has 2 aliphatic heterocycles. The maximum absolute atomic E-state index is 12.7. The van der Waals surface area contributed by atoms with Gasteiger partial charge in [-0.25, -0.2) is 0 Å². The predicted molar refractivity (Wildman–Crippen MR) is 86.7 cm³/mol. The smallest absolute Gasteiger partial charge is 0.308 e. The molecule has 0 aromatic heterocycles. The molecule has 2 heterocycles. The predicted octanol–water partition coefficient (Wildman–Crippen LogP) is 0.988. The maximum Gasteiger partial charge on any atom is 0.308 e. The molecular weight excluding hydrogens is 312 g/mol. The van der Waals surface area contributed by atoms with E-state index in [0.29, 0.717) is 17.0 Å². The Labute approximate surface area is 140 Å². The SMILES string of the molecule is COC(=O)C[C@@H]1C=C[C@@H]2[C@@H](COc3ccc(N)cc3C(=O)N2C)O1. The minimum absolute atomic E-state index is 0.126. The van der Waals surface area contributed by atoms with Gasteiger partial charge in [0.05, 0.1) is 31.2 Å². The van der Waals surface area contributed by atoms with E-state index in [1.165, 1.54) is 7.11 Å². The molecule has 2 N–H and O–H groups in total. The van der Waals surface area contributed by atoms with Gasteiger partial charge in [0.25, 0.3) is 5.91 Å². The van der Waals surface area contributed by atoms with Crippen molar-refractivity contribution in [2.45, 2.75) is 24.7 Å². The first-order valence-electron chi connectivity index (χ1n) is 7.69. The average Bonchev–Trinajstić information content (AvgIpc) is 2.58. The van der Waals surface area contributed by atoms with E-state index in [-0.39, 0.29) is 37.0 Å². The number of benzene rings is 1. The van der Waals surface area contributed by atoms with Gasteiger partial charge >= 0.3 is 5.97 Å². The molecule has 1 aromatic rings. The number of anilines is 1. The number of methoxy groups -OCH3 is 1. The number of likely N-dealkylation sites (N-methyl/N-ethyl adjacent to an activating group) is 1. The average molecular weight is 332 g/mol. The summed E-state index contributed by atoms with van der Waals surface area (Å²) >= 11 is 0. The van der Waals surface area contributed by atoms with Gasteiger partial charge < -0.3 is 24.8 Å². The van der Waals surface area contributed by atoms with Crippen LogP contribution >= 0.6 is 0 Å². The number of fused-ring (bicyclic) bond motifs is 2. The Balaban J connectivity index is 1.85. The highest BCUT2D eigenvalue weighted by molar-refractivity contribution is 5.98. The van der Waals surface area contributed by atoms with Crippen molar-refractivity contribution >= 4 is 17.6 Å². The molecule has 0 saturated heterocycles. The third kappa shape index (κ3) is 3.07. The van der Waals surface area contributed by atoms with Gasteiger partial charge in [-0.3, -0.25) is 9.59 Å². The van der Waals surface area contributed by atoms with Crippen molar-refractivity contribution in [1.29, 1.82) is 0 Å². The van der Waals surface area contributed by atoms with Crippen molar-refractivity contribution in [3.63, 3.8) is 0 Å². The van der Waals surface area contributed by atoms with Gasteiger partial charge in [0, 0.05) is 12.7 Å². The van der Waals surface area contributed by atoms with Crippen LogP contribution < -0.4 is 10.5 Å². The summed E-state index contributed by atoms with van der Waals surface area (Å²) in [5.74, 6) is -0.0612. The molecule has 3 rings (SSSR count). The monoisotopic (exact) mass is 332 g/mol. The lowest BCUT2D eigenvalue weighted by molar-refractivity contribution is -0.145. The van der Waals surface area contributed by atoms with Crippen molar-refractivity contribution in [3.8, 4) is 5.75 Å². The van der Waals surface area contributed by atoms with Gasteiger partial charge in [-0.1, -0.05) is 12.2 Å². The van der Waals surface area contributed by atoms with E-state index < -0.39 is 6.10 Å². The van der Waals surface area contributed by atoms with E-state index in [9.17, 15) is 9.59 Å². The Kier molecular flexibility index (Phi) is 4.44. The molecule has 0 bridgehead atoms. The van der Waals surface area contributed by atoms with Crippen LogP contribution in [0, 0.1) is 0 Å². The summed E-state index contributed by atoms with van der Waals surface area (Å²) < 4.78 is 16.4. The van der Waals surface area contributed by atoms with Gasteiger partial charge in [0.1, 0.15) is 18.5 Å². The summed E-state index contributed by atoms with van der Waals surface area (Å²) in [6.45, 7) is 0.265. The van der Waals surface area contributed by atoms with Crippen molar-refractivity contribution in [2.24, 2.45) is 0 Å². The number of rotatable bonds is 2. The number of amides is 1. The van der Waals surface area contributed by atoms with E-state index in [1.54, 1.807) is 36.2 Å². The highest BCUT2D eigenvalue weighted by atomic mass is 16.5. The number of nitrogens with zero attached hydrogens (tertiary/aromatic N) is 1. The van der Waals surface area contributed by atoms with E-state index in [4.69, 9.17) is 15.2 Å². The molecule has 0 saturated carbocycles. The molecule has 1 amide bonds. The van der Waals surface area contributed by atoms with Crippen LogP contribution in [0.4, 0.5) is 5.69 Å². The Hall–Kier alpha value is -2.54. The molecule has 2 aliphatic rings. The number of nitrogen functional groups attached to an aromatic ring is 1. The van der Waals surface area contributed by atoms with E-state index in [2.05, 4.69) is 4.74 Å². The molecule has 0 spiro atoms. The Morgan fingerprint density at radius 1 is 1.42 bits per heavy atom. The minimum Gasteiger partial charge on any atom is -0.490 e. The Morgan fingerprint density at radius 2 is 2.21 bits per heavy atom. The number of hydrogen-bond acceptors (Lipinski definition) is 6. The van der Waals surface area contributed by atoms with Gasteiger partial charge in [-0.15, -0.1) is 0 Å². The lowest BCUT2D eigenvalue weighted by Gasteiger charge is -2.39. The molecule has 0 aliphatic carbocycles. The third-order valence-electron chi connectivity index (χ3n) is 4.25. The molecule has 24 heavy (non-hydrogen) atoms. The first kappa shape index (κ1) is 16.3. The highest BCUT2D eigenvalue weighted by Gasteiger charge is 2.36. The first-order valence-corrected chi connectivity index (χ1v) is 7.69. The fourth-order valence-corrected chi connectivity index (χ4v) is 2.93. The summed E-state index contributed by atoms with van der Waals surface area (Å²) in [4.78, 5) is 25.8. The highest BCUT2D eigenvalue weighted by Crippen LogP contribution is 2.29. The van der Waals surface area contributed by atoms with Gasteiger partial charge in [-0.05, 0) is 18.2 Å². The topological polar surface area (TPSA) is 91.1 Å². The van der Waals surface area contributed by atoms with Crippen LogP contribution in [-0.4, -0.2) is 55.8 Å².